The second-order valence-electron chi connectivity index (χ2n) is 5.97. The summed E-state index contributed by atoms with van der Waals surface area (Å²) in [4.78, 5) is 11.5. The summed E-state index contributed by atoms with van der Waals surface area (Å²) in [5, 5.41) is 7.13. The fourth-order valence-electron chi connectivity index (χ4n) is 2.41. The molecule has 1 aliphatic rings. The minimum atomic E-state index is -4.20. The molecular weight excluding hydrogens is 420 g/mol. The Labute approximate surface area is 167 Å². The number of carbonyl (C=O) groups excluding carboxylic acids is 1. The maximum Gasteiger partial charge on any atom is 0.358 e. The van der Waals surface area contributed by atoms with Gasteiger partial charge in [0.2, 0.25) is 0 Å². The van der Waals surface area contributed by atoms with Crippen LogP contribution in [0.1, 0.15) is 19.3 Å². The standard InChI is InChI=1S/C18H16N2O7S2/c21-14-11-12-17(19-26-28(22,23)15-7-3-1-4-8-15)18(13-14)20-27-29(24,25)16-9-5-2-6-10-16/h1-10H,11-13H2/b19-17-,20-18+. The van der Waals surface area contributed by atoms with E-state index in [0.29, 0.717) is 0 Å². The van der Waals surface area contributed by atoms with Gasteiger partial charge < -0.3 is 0 Å². The molecule has 152 valence electrons. The largest absolute Gasteiger partial charge is 0.358 e. The Balaban J connectivity index is 1.83. The van der Waals surface area contributed by atoms with Gasteiger partial charge in [0, 0.05) is 12.8 Å². The molecule has 0 aliphatic heterocycles. The van der Waals surface area contributed by atoms with Gasteiger partial charge in [-0.25, -0.2) is 0 Å². The normalized spacial score (nSPS) is 18.0. The highest BCUT2D eigenvalue weighted by Gasteiger charge is 2.26. The molecule has 0 bridgehead atoms. The van der Waals surface area contributed by atoms with Crippen LogP contribution in [0.4, 0.5) is 0 Å². The molecule has 2 aromatic rings. The lowest BCUT2D eigenvalue weighted by Gasteiger charge is -2.13. The van der Waals surface area contributed by atoms with Crippen molar-refractivity contribution in [2.45, 2.75) is 29.1 Å². The molecule has 0 spiro atoms. The number of oxime groups is 2. The van der Waals surface area contributed by atoms with Gasteiger partial charge in [0.15, 0.2) is 0 Å². The number of Topliss-reactive ketones (excluding diaryl/α,β-unsaturated/α-hetero) is 1. The van der Waals surface area contributed by atoms with Gasteiger partial charge >= 0.3 is 20.2 Å². The SMILES string of the molecule is O=C1CCC(=N/OS(=O)(=O)c2ccccc2)/C(=N/OS(=O)(=O)c2ccccc2)C1. The van der Waals surface area contributed by atoms with E-state index >= 15 is 0 Å². The summed E-state index contributed by atoms with van der Waals surface area (Å²) >= 11 is 0. The quantitative estimate of drug-likeness (QED) is 0.635. The third kappa shape index (κ3) is 5.27. The number of rotatable bonds is 6. The Bertz CT molecular complexity index is 1160. The van der Waals surface area contributed by atoms with E-state index in [4.69, 9.17) is 4.28 Å². The van der Waals surface area contributed by atoms with E-state index in [2.05, 4.69) is 14.6 Å². The number of hydrogen-bond donors (Lipinski definition) is 0. The first-order chi connectivity index (χ1) is 13.8. The van der Waals surface area contributed by atoms with Crippen LogP contribution < -0.4 is 0 Å². The van der Waals surface area contributed by atoms with E-state index in [9.17, 15) is 21.6 Å². The van der Waals surface area contributed by atoms with Crippen molar-refractivity contribution in [2.75, 3.05) is 0 Å². The summed E-state index contributed by atoms with van der Waals surface area (Å²) in [6.07, 6.45) is -0.118. The van der Waals surface area contributed by atoms with Gasteiger partial charge in [-0.2, -0.15) is 16.8 Å². The van der Waals surface area contributed by atoms with Crippen molar-refractivity contribution in [1.29, 1.82) is 0 Å². The maximum atomic E-state index is 12.2. The van der Waals surface area contributed by atoms with Crippen LogP contribution in [0.3, 0.4) is 0 Å². The second-order valence-corrected chi connectivity index (χ2v) is 9.03. The van der Waals surface area contributed by atoms with Crippen molar-refractivity contribution in [3.05, 3.63) is 60.7 Å². The molecule has 1 saturated carbocycles. The molecule has 0 aromatic heterocycles. The molecule has 1 aliphatic carbocycles. The topological polar surface area (TPSA) is 129 Å². The maximum absolute atomic E-state index is 12.2. The van der Waals surface area contributed by atoms with E-state index < -0.39 is 20.2 Å². The van der Waals surface area contributed by atoms with E-state index in [1.807, 2.05) is 0 Å². The smallest absolute Gasteiger partial charge is 0.299 e. The van der Waals surface area contributed by atoms with Crippen molar-refractivity contribution in [1.82, 2.24) is 0 Å². The first-order valence-corrected chi connectivity index (χ1v) is 11.2. The van der Waals surface area contributed by atoms with Crippen LogP contribution in [0.5, 0.6) is 0 Å². The monoisotopic (exact) mass is 436 g/mol. The zero-order valence-corrected chi connectivity index (χ0v) is 16.6. The molecule has 1 fully saturated rings. The van der Waals surface area contributed by atoms with Crippen LogP contribution in [0, 0.1) is 0 Å². The molecule has 0 N–H and O–H groups in total. The molecule has 0 amide bonds. The lowest BCUT2D eigenvalue weighted by atomic mass is 9.95. The number of hydrogen-bond acceptors (Lipinski definition) is 9. The first-order valence-electron chi connectivity index (χ1n) is 8.41. The van der Waals surface area contributed by atoms with Gasteiger partial charge in [-0.15, -0.1) is 0 Å². The summed E-state index contributed by atoms with van der Waals surface area (Å²) < 4.78 is 58.1. The first kappa shape index (κ1) is 20.7. The summed E-state index contributed by atoms with van der Waals surface area (Å²) in [6.45, 7) is 0. The summed E-state index contributed by atoms with van der Waals surface area (Å²) in [5.41, 5.74) is -0.0867. The summed E-state index contributed by atoms with van der Waals surface area (Å²) in [6, 6.07) is 14.7. The Morgan fingerprint density at radius 1 is 0.655 bits per heavy atom. The van der Waals surface area contributed by atoms with Crippen LogP contribution in [0.2, 0.25) is 0 Å². The second kappa shape index (κ2) is 8.53. The Hall–Kier alpha value is -3.05. The van der Waals surface area contributed by atoms with E-state index in [0.717, 1.165) is 0 Å². The van der Waals surface area contributed by atoms with Gasteiger partial charge in [0.25, 0.3) is 0 Å². The van der Waals surface area contributed by atoms with Gasteiger partial charge in [-0.1, -0.05) is 46.7 Å². The molecule has 11 heteroatoms. The van der Waals surface area contributed by atoms with Gasteiger partial charge in [-0.3, -0.25) is 13.4 Å². The van der Waals surface area contributed by atoms with Gasteiger partial charge in [-0.05, 0) is 24.3 Å². The Morgan fingerprint density at radius 2 is 1.10 bits per heavy atom. The van der Waals surface area contributed by atoms with Crippen LogP contribution >= 0.6 is 0 Å². The summed E-state index contributed by atoms with van der Waals surface area (Å²) in [7, 11) is -8.37. The lowest BCUT2D eigenvalue weighted by Crippen LogP contribution is -2.26. The van der Waals surface area contributed by atoms with Gasteiger partial charge in [0.1, 0.15) is 27.0 Å². The Morgan fingerprint density at radius 3 is 1.59 bits per heavy atom. The van der Waals surface area contributed by atoms with Crippen molar-refractivity contribution in [3.8, 4) is 0 Å². The highest BCUT2D eigenvalue weighted by molar-refractivity contribution is 7.87. The van der Waals surface area contributed by atoms with Crippen molar-refractivity contribution < 1.29 is 30.2 Å². The van der Waals surface area contributed by atoms with E-state index in [1.54, 1.807) is 12.1 Å². The minimum absolute atomic E-state index is 0.0207. The molecule has 0 heterocycles. The predicted molar refractivity (Wildman–Crippen MR) is 103 cm³/mol. The van der Waals surface area contributed by atoms with Crippen LogP contribution in [0.25, 0.3) is 0 Å². The molecular formula is C18H16N2O7S2. The molecule has 29 heavy (non-hydrogen) atoms. The fraction of sp³-hybridized carbons (Fsp3) is 0.167. The average molecular weight is 436 g/mol. The highest BCUT2D eigenvalue weighted by atomic mass is 32.2. The van der Waals surface area contributed by atoms with E-state index in [1.165, 1.54) is 48.5 Å². The third-order valence-electron chi connectivity index (χ3n) is 3.89. The molecule has 0 unspecified atom stereocenters. The minimum Gasteiger partial charge on any atom is -0.299 e. The molecule has 0 saturated heterocycles. The van der Waals surface area contributed by atoms with Crippen molar-refractivity contribution in [3.63, 3.8) is 0 Å². The fourth-order valence-corrected chi connectivity index (χ4v) is 3.94. The van der Waals surface area contributed by atoms with Crippen LogP contribution in [0.15, 0.2) is 80.8 Å². The molecule has 0 radical (unpaired) electrons. The van der Waals surface area contributed by atoms with Crippen molar-refractivity contribution in [2.24, 2.45) is 10.3 Å². The average Bonchev–Trinajstić information content (AvgIpc) is 2.73. The predicted octanol–water partition coefficient (Wildman–Crippen LogP) is 2.26. The molecule has 9 nitrogen and oxygen atoms in total. The van der Waals surface area contributed by atoms with Crippen LogP contribution in [-0.4, -0.2) is 34.0 Å². The number of carbonyl (C=O) groups is 1. The van der Waals surface area contributed by atoms with E-state index in [-0.39, 0.29) is 46.3 Å². The number of ketones is 1. The Kier molecular flexibility index (Phi) is 6.09. The third-order valence-corrected chi connectivity index (χ3v) is 6.13. The number of benzene rings is 2. The van der Waals surface area contributed by atoms with Crippen LogP contribution in [-0.2, 0) is 33.6 Å². The highest BCUT2D eigenvalue weighted by Crippen LogP contribution is 2.17. The van der Waals surface area contributed by atoms with Crippen molar-refractivity contribution >= 4 is 37.4 Å². The molecule has 0 atom stereocenters. The molecule has 3 rings (SSSR count). The zero-order valence-electron chi connectivity index (χ0n) is 15.0. The molecule has 2 aromatic carbocycles. The number of nitrogens with zero attached hydrogens (tertiary/aromatic N) is 2. The van der Waals surface area contributed by atoms with Gasteiger partial charge in [0.05, 0.1) is 6.42 Å². The zero-order chi connectivity index (χ0) is 20.9. The lowest BCUT2D eigenvalue weighted by molar-refractivity contribution is -0.117. The summed E-state index contributed by atoms with van der Waals surface area (Å²) in [5.74, 6) is -0.214.